The number of hydrogen-bond donors (Lipinski definition) is 2. The van der Waals surface area contributed by atoms with Crippen LogP contribution in [0, 0.1) is 18.7 Å². The van der Waals surface area contributed by atoms with Crippen molar-refractivity contribution in [2.45, 2.75) is 38.7 Å². The Balaban J connectivity index is 1.45. The van der Waals surface area contributed by atoms with E-state index in [-0.39, 0.29) is 17.6 Å². The van der Waals surface area contributed by atoms with Crippen molar-refractivity contribution < 1.29 is 14.3 Å². The number of aliphatic hydroxyl groups is 1. The first-order chi connectivity index (χ1) is 12.0. The summed E-state index contributed by atoms with van der Waals surface area (Å²) in [6.45, 7) is 2.91. The zero-order chi connectivity index (χ0) is 17.8. The van der Waals surface area contributed by atoms with Crippen LogP contribution in [0.25, 0.3) is 0 Å². The largest absolute Gasteiger partial charge is 0.391 e. The predicted octanol–water partition coefficient (Wildman–Crippen LogP) is 2.24. The number of aryl methyl sites for hydroxylation is 2. The van der Waals surface area contributed by atoms with Crippen molar-refractivity contribution in [3.05, 3.63) is 53.1 Å². The van der Waals surface area contributed by atoms with Gasteiger partial charge in [-0.25, -0.2) is 4.39 Å². The minimum atomic E-state index is -0.502. The Bertz CT molecular complexity index is 714. The van der Waals surface area contributed by atoms with Crippen molar-refractivity contribution in [2.75, 3.05) is 13.1 Å². The number of hydrogen-bond acceptors (Lipinski definition) is 3. The average Bonchev–Trinajstić information content (AvgIpc) is 3.16. The molecule has 2 N–H and O–H groups in total. The third-order valence-electron chi connectivity index (χ3n) is 4.76. The second-order valence-corrected chi connectivity index (χ2v) is 6.85. The second kappa shape index (κ2) is 7.78. The number of β-amino-alcohol motifs (C(OH)–C–C–N with tert-alkyl or cyclic N) is 1. The Morgan fingerprint density at radius 3 is 2.80 bits per heavy atom. The highest BCUT2D eigenvalue weighted by Gasteiger charge is 2.34. The van der Waals surface area contributed by atoms with Crippen LogP contribution in [0.5, 0.6) is 0 Å². The maximum atomic E-state index is 12.9. The molecule has 2 heterocycles. The number of carbonyl (C=O) groups is 1. The molecule has 3 rings (SSSR count). The molecule has 1 aromatic heterocycles. The summed E-state index contributed by atoms with van der Waals surface area (Å²) in [7, 11) is 0. The molecule has 1 fully saturated rings. The molecule has 0 unspecified atom stereocenters. The lowest BCUT2D eigenvalue weighted by molar-refractivity contribution is -0.130. The van der Waals surface area contributed by atoms with E-state index in [1.54, 1.807) is 17.0 Å². The van der Waals surface area contributed by atoms with Gasteiger partial charge in [-0.15, -0.1) is 0 Å². The molecule has 2 atom stereocenters. The normalized spacial score (nSPS) is 20.2. The fourth-order valence-electron chi connectivity index (χ4n) is 3.36. The zero-order valence-corrected chi connectivity index (χ0v) is 14.4. The Hall–Kier alpha value is -2.21. The first-order valence-electron chi connectivity index (χ1n) is 8.72. The van der Waals surface area contributed by atoms with Crippen LogP contribution in [-0.4, -0.2) is 45.3 Å². The van der Waals surface area contributed by atoms with Gasteiger partial charge in [-0.05, 0) is 49.9 Å². The molecule has 1 aromatic carbocycles. The molecule has 134 valence electrons. The monoisotopic (exact) mass is 345 g/mol. The fourth-order valence-corrected chi connectivity index (χ4v) is 3.36. The molecular formula is C19H24FN3O2. The van der Waals surface area contributed by atoms with Gasteiger partial charge in [0, 0.05) is 31.1 Å². The maximum absolute atomic E-state index is 12.9. The molecule has 1 saturated heterocycles. The zero-order valence-electron chi connectivity index (χ0n) is 14.4. The van der Waals surface area contributed by atoms with Crippen molar-refractivity contribution >= 4 is 5.91 Å². The van der Waals surface area contributed by atoms with Gasteiger partial charge in [0.05, 0.1) is 11.8 Å². The Kier molecular flexibility index (Phi) is 5.48. The number of amides is 1. The summed E-state index contributed by atoms with van der Waals surface area (Å²) in [5.41, 5.74) is 2.95. The number of halogens is 1. The highest BCUT2D eigenvalue weighted by Crippen LogP contribution is 2.22. The minimum Gasteiger partial charge on any atom is -0.391 e. The lowest BCUT2D eigenvalue weighted by Gasteiger charge is -2.16. The van der Waals surface area contributed by atoms with Crippen molar-refractivity contribution in [1.82, 2.24) is 15.1 Å². The van der Waals surface area contributed by atoms with Crippen LogP contribution in [0.2, 0.25) is 0 Å². The van der Waals surface area contributed by atoms with Crippen LogP contribution in [0.1, 0.15) is 29.8 Å². The Morgan fingerprint density at radius 2 is 2.12 bits per heavy atom. The number of H-pyrrole nitrogens is 1. The Labute approximate surface area is 146 Å². The molecular weight excluding hydrogens is 321 g/mol. The minimum absolute atomic E-state index is 0.0312. The van der Waals surface area contributed by atoms with E-state index in [1.807, 2.05) is 13.0 Å². The molecule has 0 radical (unpaired) electrons. The lowest BCUT2D eigenvalue weighted by Crippen LogP contribution is -2.29. The molecule has 1 aliphatic heterocycles. The van der Waals surface area contributed by atoms with Crippen molar-refractivity contribution in [3.63, 3.8) is 0 Å². The third kappa shape index (κ3) is 4.66. The third-order valence-corrected chi connectivity index (χ3v) is 4.76. The van der Waals surface area contributed by atoms with Gasteiger partial charge in [-0.1, -0.05) is 12.1 Å². The van der Waals surface area contributed by atoms with Gasteiger partial charge in [-0.3, -0.25) is 9.89 Å². The van der Waals surface area contributed by atoms with E-state index in [4.69, 9.17) is 0 Å². The van der Waals surface area contributed by atoms with Gasteiger partial charge in [0.2, 0.25) is 5.91 Å². The number of aliphatic hydroxyl groups excluding tert-OH is 1. The molecule has 0 aliphatic carbocycles. The summed E-state index contributed by atoms with van der Waals surface area (Å²) < 4.78 is 12.9. The van der Waals surface area contributed by atoms with Crippen molar-refractivity contribution in [3.8, 4) is 0 Å². The van der Waals surface area contributed by atoms with Gasteiger partial charge >= 0.3 is 0 Å². The van der Waals surface area contributed by atoms with Crippen molar-refractivity contribution in [2.24, 2.45) is 5.92 Å². The van der Waals surface area contributed by atoms with Crippen LogP contribution in [-0.2, 0) is 17.6 Å². The van der Waals surface area contributed by atoms with Crippen LogP contribution < -0.4 is 0 Å². The SMILES string of the molecule is Cc1cc(C[C@@H]2CN(C(=O)CCCc3ccc(F)cc3)C[C@@H]2O)n[nH]1. The second-order valence-electron chi connectivity index (χ2n) is 6.85. The number of rotatable bonds is 6. The summed E-state index contributed by atoms with van der Waals surface area (Å²) in [5, 5.41) is 17.3. The maximum Gasteiger partial charge on any atom is 0.222 e. The van der Waals surface area contributed by atoms with Gasteiger partial charge < -0.3 is 10.0 Å². The number of benzene rings is 1. The van der Waals surface area contributed by atoms with Crippen LogP contribution in [0.3, 0.4) is 0 Å². The lowest BCUT2D eigenvalue weighted by atomic mass is 10.0. The quantitative estimate of drug-likeness (QED) is 0.844. The number of nitrogens with one attached hydrogen (secondary N) is 1. The van der Waals surface area contributed by atoms with E-state index in [0.29, 0.717) is 25.9 Å². The molecule has 0 spiro atoms. The van der Waals surface area contributed by atoms with Crippen LogP contribution in [0.15, 0.2) is 30.3 Å². The molecule has 0 bridgehead atoms. The number of carbonyl (C=O) groups excluding carboxylic acids is 1. The first kappa shape index (κ1) is 17.6. The smallest absolute Gasteiger partial charge is 0.222 e. The average molecular weight is 345 g/mol. The van der Waals surface area contributed by atoms with E-state index in [9.17, 15) is 14.3 Å². The molecule has 2 aromatic rings. The highest BCUT2D eigenvalue weighted by molar-refractivity contribution is 5.76. The number of nitrogens with zero attached hydrogens (tertiary/aromatic N) is 2. The standard InChI is InChI=1S/C19H24FN3O2/c1-13-9-17(22-21-13)10-15-11-23(12-18(15)24)19(25)4-2-3-14-5-7-16(20)8-6-14/h5-9,15,18,24H,2-4,10-12H2,1H3,(H,21,22)/t15-,18+/m1/s1. The summed E-state index contributed by atoms with van der Waals surface area (Å²) in [5.74, 6) is -0.144. The molecule has 1 aliphatic rings. The van der Waals surface area contributed by atoms with Gasteiger partial charge in [-0.2, -0.15) is 5.10 Å². The molecule has 5 nitrogen and oxygen atoms in total. The number of aromatic nitrogens is 2. The summed E-state index contributed by atoms with van der Waals surface area (Å²) >= 11 is 0. The number of aromatic amines is 1. The topological polar surface area (TPSA) is 69.2 Å². The highest BCUT2D eigenvalue weighted by atomic mass is 19.1. The molecule has 25 heavy (non-hydrogen) atoms. The molecule has 1 amide bonds. The predicted molar refractivity (Wildman–Crippen MR) is 92.4 cm³/mol. The van der Waals surface area contributed by atoms with Gasteiger partial charge in [0.25, 0.3) is 0 Å². The van der Waals surface area contributed by atoms with E-state index in [2.05, 4.69) is 10.2 Å². The fraction of sp³-hybridized carbons (Fsp3) is 0.474. The van der Waals surface area contributed by atoms with E-state index in [1.165, 1.54) is 12.1 Å². The Morgan fingerprint density at radius 1 is 1.36 bits per heavy atom. The van der Waals surface area contributed by atoms with Crippen molar-refractivity contribution in [1.29, 1.82) is 0 Å². The molecule has 6 heteroatoms. The van der Waals surface area contributed by atoms with Gasteiger partial charge in [0.1, 0.15) is 5.82 Å². The summed E-state index contributed by atoms with van der Waals surface area (Å²) in [6.07, 6.45) is 2.08. The van der Waals surface area contributed by atoms with E-state index in [0.717, 1.165) is 29.8 Å². The first-order valence-corrected chi connectivity index (χ1v) is 8.72. The van der Waals surface area contributed by atoms with E-state index >= 15 is 0 Å². The van der Waals surface area contributed by atoms with E-state index < -0.39 is 6.10 Å². The van der Waals surface area contributed by atoms with Gasteiger partial charge in [0.15, 0.2) is 0 Å². The summed E-state index contributed by atoms with van der Waals surface area (Å²) in [6, 6.07) is 8.35. The number of likely N-dealkylation sites (tertiary alicyclic amines) is 1. The van der Waals surface area contributed by atoms with Crippen LogP contribution >= 0.6 is 0 Å². The van der Waals surface area contributed by atoms with Crippen LogP contribution in [0.4, 0.5) is 4.39 Å². The molecule has 0 saturated carbocycles. The summed E-state index contributed by atoms with van der Waals surface area (Å²) in [4.78, 5) is 14.1.